The number of carbonyl (C=O) groups is 1. The van der Waals surface area contributed by atoms with E-state index in [9.17, 15) is 4.79 Å². The Morgan fingerprint density at radius 1 is 1.14 bits per heavy atom. The van der Waals surface area contributed by atoms with Crippen LogP contribution in [0.1, 0.15) is 44.0 Å². The Hall–Kier alpha value is -2.12. The molecule has 0 aromatic heterocycles. The van der Waals surface area contributed by atoms with E-state index < -0.39 is 0 Å². The monoisotopic (exact) mass is 478 g/mol. The van der Waals surface area contributed by atoms with E-state index in [4.69, 9.17) is 21.7 Å². The molecule has 2 aromatic carbocycles. The zero-order valence-corrected chi connectivity index (χ0v) is 19.4. The van der Waals surface area contributed by atoms with Gasteiger partial charge in [-0.1, -0.05) is 42.8 Å². The van der Waals surface area contributed by atoms with Crippen LogP contribution in [0.2, 0.25) is 0 Å². The lowest BCUT2D eigenvalue weighted by Gasteiger charge is -2.14. The summed E-state index contributed by atoms with van der Waals surface area (Å²) in [5, 5.41) is 5.94. The molecule has 0 radical (unpaired) electrons. The minimum absolute atomic E-state index is 0.204. The van der Waals surface area contributed by atoms with Crippen LogP contribution in [0.25, 0.3) is 0 Å². The van der Waals surface area contributed by atoms with Crippen molar-refractivity contribution < 1.29 is 14.3 Å². The van der Waals surface area contributed by atoms with Crippen molar-refractivity contribution in [2.24, 2.45) is 5.92 Å². The van der Waals surface area contributed by atoms with E-state index in [2.05, 4.69) is 40.4 Å². The number of hydrogen-bond donors (Lipinski definition) is 2. The fraction of sp³-hybridized carbons (Fsp3) is 0.364. The van der Waals surface area contributed by atoms with Gasteiger partial charge in [-0.15, -0.1) is 0 Å². The van der Waals surface area contributed by atoms with E-state index in [1.807, 2.05) is 37.3 Å². The van der Waals surface area contributed by atoms with Gasteiger partial charge in [-0.2, -0.15) is 0 Å². The Morgan fingerprint density at radius 2 is 1.93 bits per heavy atom. The fourth-order valence-electron chi connectivity index (χ4n) is 2.43. The topological polar surface area (TPSA) is 59.6 Å². The van der Waals surface area contributed by atoms with E-state index in [0.29, 0.717) is 30.4 Å². The van der Waals surface area contributed by atoms with Crippen molar-refractivity contribution in [3.8, 4) is 11.5 Å². The molecule has 5 nitrogen and oxygen atoms in total. The summed E-state index contributed by atoms with van der Waals surface area (Å²) in [5.74, 6) is 1.53. The molecule has 29 heavy (non-hydrogen) atoms. The summed E-state index contributed by atoms with van der Waals surface area (Å²) in [5.41, 5.74) is 1.16. The lowest BCUT2D eigenvalue weighted by atomic mass is 10.1. The highest BCUT2D eigenvalue weighted by Gasteiger charge is 2.15. The molecule has 0 unspecified atom stereocenters. The number of carbonyl (C=O) groups excluding carboxylic acids is 1. The molecule has 2 rings (SSSR count). The van der Waals surface area contributed by atoms with E-state index >= 15 is 0 Å². The van der Waals surface area contributed by atoms with Crippen LogP contribution < -0.4 is 20.1 Å². The molecule has 0 saturated heterocycles. The van der Waals surface area contributed by atoms with Gasteiger partial charge in [-0.05, 0) is 61.3 Å². The van der Waals surface area contributed by atoms with Gasteiger partial charge in [0.25, 0.3) is 5.91 Å². The Morgan fingerprint density at radius 3 is 2.66 bits per heavy atom. The predicted octanol–water partition coefficient (Wildman–Crippen LogP) is 5.79. The van der Waals surface area contributed by atoms with Crippen LogP contribution in [0.5, 0.6) is 11.5 Å². The molecule has 0 spiro atoms. The van der Waals surface area contributed by atoms with Gasteiger partial charge in [-0.3, -0.25) is 10.1 Å². The maximum Gasteiger partial charge on any atom is 0.261 e. The number of nitrogens with one attached hydrogen (secondary N) is 2. The molecular weight excluding hydrogens is 452 g/mol. The summed E-state index contributed by atoms with van der Waals surface area (Å²) in [7, 11) is 0. The first-order valence-electron chi connectivity index (χ1n) is 9.66. The minimum atomic E-state index is -0.334. The summed E-state index contributed by atoms with van der Waals surface area (Å²) >= 11 is 8.70. The van der Waals surface area contributed by atoms with Crippen LogP contribution in [0, 0.1) is 5.92 Å². The molecule has 7 heteroatoms. The number of halogens is 1. The molecule has 0 fully saturated rings. The van der Waals surface area contributed by atoms with Crippen LogP contribution in [-0.4, -0.2) is 24.2 Å². The highest BCUT2D eigenvalue weighted by atomic mass is 79.9. The number of benzene rings is 2. The van der Waals surface area contributed by atoms with Gasteiger partial charge >= 0.3 is 0 Å². The molecule has 0 atom stereocenters. The maximum atomic E-state index is 12.7. The van der Waals surface area contributed by atoms with Crippen LogP contribution in [0.4, 0.5) is 5.69 Å². The van der Waals surface area contributed by atoms with Crippen molar-refractivity contribution in [3.63, 3.8) is 0 Å². The van der Waals surface area contributed by atoms with Crippen molar-refractivity contribution in [3.05, 3.63) is 52.5 Å². The van der Waals surface area contributed by atoms with E-state index in [0.717, 1.165) is 28.8 Å². The lowest BCUT2D eigenvalue weighted by Crippen LogP contribution is -2.34. The molecule has 0 aliphatic carbocycles. The Balaban J connectivity index is 1.99. The van der Waals surface area contributed by atoms with Gasteiger partial charge in [-0.25, -0.2) is 0 Å². The molecule has 156 valence electrons. The molecule has 0 aliphatic heterocycles. The van der Waals surface area contributed by atoms with Crippen LogP contribution in [0.15, 0.2) is 46.9 Å². The van der Waals surface area contributed by atoms with Gasteiger partial charge in [0, 0.05) is 16.2 Å². The molecular formula is C22H27BrN2O3S. The van der Waals surface area contributed by atoms with E-state index in [1.54, 1.807) is 12.1 Å². The Bertz CT molecular complexity index is 843. The van der Waals surface area contributed by atoms with Gasteiger partial charge in [0.1, 0.15) is 11.5 Å². The third-order valence-electron chi connectivity index (χ3n) is 3.93. The zero-order chi connectivity index (χ0) is 21.2. The SMILES string of the molecule is CCCOc1ccc(Br)cc1C(=O)NC(=S)Nc1cccc(OCCC(C)C)c1. The molecule has 0 aliphatic rings. The summed E-state index contributed by atoms with van der Waals surface area (Å²) in [6.07, 6.45) is 1.84. The van der Waals surface area contributed by atoms with Gasteiger partial charge < -0.3 is 14.8 Å². The number of hydrogen-bond acceptors (Lipinski definition) is 4. The summed E-state index contributed by atoms with van der Waals surface area (Å²) < 4.78 is 12.2. The molecule has 0 heterocycles. The Labute approximate surface area is 186 Å². The lowest BCUT2D eigenvalue weighted by molar-refractivity contribution is 0.0973. The van der Waals surface area contributed by atoms with Gasteiger partial charge in [0.05, 0.1) is 18.8 Å². The largest absolute Gasteiger partial charge is 0.494 e. The maximum absolute atomic E-state index is 12.7. The van der Waals surface area contributed by atoms with Crippen LogP contribution in [0.3, 0.4) is 0 Å². The van der Waals surface area contributed by atoms with E-state index in [-0.39, 0.29) is 11.0 Å². The van der Waals surface area contributed by atoms with Crippen LogP contribution >= 0.6 is 28.1 Å². The second-order valence-electron chi connectivity index (χ2n) is 6.96. The smallest absolute Gasteiger partial charge is 0.261 e. The minimum Gasteiger partial charge on any atom is -0.494 e. The van der Waals surface area contributed by atoms with Crippen molar-refractivity contribution >= 4 is 44.9 Å². The normalized spacial score (nSPS) is 10.5. The second-order valence-corrected chi connectivity index (χ2v) is 8.28. The van der Waals surface area contributed by atoms with Crippen LogP contribution in [-0.2, 0) is 0 Å². The average Bonchev–Trinajstić information content (AvgIpc) is 2.67. The third kappa shape index (κ3) is 8.03. The zero-order valence-electron chi connectivity index (χ0n) is 17.0. The predicted molar refractivity (Wildman–Crippen MR) is 125 cm³/mol. The molecule has 0 saturated carbocycles. The van der Waals surface area contributed by atoms with E-state index in [1.165, 1.54) is 0 Å². The standard InChI is InChI=1S/C22H27BrN2O3S/c1-4-11-28-20-9-8-16(23)13-19(20)21(26)25-22(29)24-17-6-5-7-18(14-17)27-12-10-15(2)3/h5-9,13-15H,4,10-12H2,1-3H3,(H2,24,25,26,29). The first kappa shape index (κ1) is 23.2. The number of ether oxygens (including phenoxy) is 2. The summed E-state index contributed by atoms with van der Waals surface area (Å²) in [6.45, 7) is 7.52. The van der Waals surface area contributed by atoms with Gasteiger partial charge in [0.2, 0.25) is 0 Å². The van der Waals surface area contributed by atoms with Crippen molar-refractivity contribution in [1.29, 1.82) is 0 Å². The summed E-state index contributed by atoms with van der Waals surface area (Å²) in [6, 6.07) is 12.8. The van der Waals surface area contributed by atoms with Crippen molar-refractivity contribution in [2.45, 2.75) is 33.6 Å². The highest BCUT2D eigenvalue weighted by Crippen LogP contribution is 2.24. The molecule has 1 amide bonds. The number of amides is 1. The second kappa shape index (κ2) is 11.8. The van der Waals surface area contributed by atoms with Gasteiger partial charge in [0.15, 0.2) is 5.11 Å². The molecule has 2 aromatic rings. The first-order valence-corrected chi connectivity index (χ1v) is 10.9. The quantitative estimate of drug-likeness (QED) is 0.446. The average molecular weight is 479 g/mol. The van der Waals surface area contributed by atoms with Crippen molar-refractivity contribution in [1.82, 2.24) is 5.32 Å². The first-order chi connectivity index (χ1) is 13.9. The highest BCUT2D eigenvalue weighted by molar-refractivity contribution is 9.10. The fourth-order valence-corrected chi connectivity index (χ4v) is 3.00. The third-order valence-corrected chi connectivity index (χ3v) is 4.63. The molecule has 2 N–H and O–H groups in total. The number of anilines is 1. The Kier molecular flexibility index (Phi) is 9.41. The molecule has 0 bridgehead atoms. The van der Waals surface area contributed by atoms with Crippen molar-refractivity contribution in [2.75, 3.05) is 18.5 Å². The number of thiocarbonyl (C=S) groups is 1. The summed E-state index contributed by atoms with van der Waals surface area (Å²) in [4.78, 5) is 12.7. The number of rotatable bonds is 9.